The normalized spacial score (nSPS) is 10.5. The van der Waals surface area contributed by atoms with Crippen LogP contribution in [-0.2, 0) is 4.79 Å². The van der Waals surface area contributed by atoms with Crippen molar-refractivity contribution in [3.8, 4) is 0 Å². The summed E-state index contributed by atoms with van der Waals surface area (Å²) in [6.45, 7) is 5.50. The van der Waals surface area contributed by atoms with E-state index >= 15 is 0 Å². The first-order valence-corrected chi connectivity index (χ1v) is 7.73. The molecule has 2 N–H and O–H groups in total. The molecule has 2 aromatic rings. The number of anilines is 2. The molecule has 0 unspecified atom stereocenters. The molecule has 120 valence electrons. The van der Waals surface area contributed by atoms with E-state index in [9.17, 15) is 9.59 Å². The van der Waals surface area contributed by atoms with Crippen LogP contribution < -0.4 is 10.6 Å². The van der Waals surface area contributed by atoms with Gasteiger partial charge in [-0.3, -0.25) is 9.59 Å². The molecular formula is C18H19ClN2O2. The minimum absolute atomic E-state index is 0.0586. The van der Waals surface area contributed by atoms with Crippen molar-refractivity contribution in [3.05, 3.63) is 58.6 Å². The van der Waals surface area contributed by atoms with Crippen molar-refractivity contribution in [2.75, 3.05) is 10.6 Å². The molecule has 0 aliphatic rings. The van der Waals surface area contributed by atoms with Gasteiger partial charge in [0.25, 0.3) is 5.91 Å². The topological polar surface area (TPSA) is 58.2 Å². The summed E-state index contributed by atoms with van der Waals surface area (Å²) in [7, 11) is 0. The monoisotopic (exact) mass is 330 g/mol. The van der Waals surface area contributed by atoms with E-state index in [1.54, 1.807) is 42.5 Å². The third-order valence-corrected chi connectivity index (χ3v) is 3.86. The van der Waals surface area contributed by atoms with Gasteiger partial charge in [0.2, 0.25) is 5.91 Å². The summed E-state index contributed by atoms with van der Waals surface area (Å²) < 4.78 is 0. The van der Waals surface area contributed by atoms with Gasteiger partial charge in [-0.2, -0.15) is 0 Å². The molecular weight excluding hydrogens is 312 g/mol. The van der Waals surface area contributed by atoms with Crippen LogP contribution in [0.15, 0.2) is 42.5 Å². The van der Waals surface area contributed by atoms with Gasteiger partial charge in [-0.25, -0.2) is 0 Å². The van der Waals surface area contributed by atoms with E-state index in [0.29, 0.717) is 22.0 Å². The van der Waals surface area contributed by atoms with Crippen molar-refractivity contribution < 1.29 is 9.59 Å². The van der Waals surface area contributed by atoms with Crippen LogP contribution in [-0.4, -0.2) is 11.8 Å². The number of carbonyl (C=O) groups is 2. The van der Waals surface area contributed by atoms with Gasteiger partial charge in [0.1, 0.15) is 0 Å². The molecule has 0 aromatic heterocycles. The predicted octanol–water partition coefficient (Wildman–Crippen LogP) is 4.50. The Morgan fingerprint density at radius 2 is 1.65 bits per heavy atom. The highest BCUT2D eigenvalue weighted by atomic mass is 35.5. The van der Waals surface area contributed by atoms with Crippen molar-refractivity contribution in [1.29, 1.82) is 0 Å². The Labute approximate surface area is 140 Å². The third-order valence-electron chi connectivity index (χ3n) is 3.45. The average molecular weight is 331 g/mol. The molecule has 0 spiro atoms. The van der Waals surface area contributed by atoms with E-state index in [1.165, 1.54) is 0 Å². The van der Waals surface area contributed by atoms with Crippen molar-refractivity contribution in [3.63, 3.8) is 0 Å². The molecule has 2 amide bonds. The maximum absolute atomic E-state index is 12.3. The van der Waals surface area contributed by atoms with Crippen LogP contribution >= 0.6 is 11.6 Å². The summed E-state index contributed by atoms with van der Waals surface area (Å²) in [5.41, 5.74) is 2.68. The largest absolute Gasteiger partial charge is 0.326 e. The van der Waals surface area contributed by atoms with E-state index < -0.39 is 0 Å². The van der Waals surface area contributed by atoms with Crippen LogP contribution in [0.1, 0.15) is 29.8 Å². The molecule has 0 bridgehead atoms. The molecule has 0 heterocycles. The number of nitrogens with one attached hydrogen (secondary N) is 2. The molecule has 2 rings (SSSR count). The second-order valence-electron chi connectivity index (χ2n) is 5.59. The molecule has 5 heteroatoms. The maximum Gasteiger partial charge on any atom is 0.255 e. The Hall–Kier alpha value is -2.33. The molecule has 0 fully saturated rings. The standard InChI is InChI=1S/C18H19ClN2O2/c1-11(2)17(22)20-14-9-7-13(8-10-14)18(23)21-16-6-4-5-15(19)12(16)3/h4-11H,1-3H3,(H,20,22)(H,21,23). The minimum atomic E-state index is -0.225. The summed E-state index contributed by atoms with van der Waals surface area (Å²) in [5.74, 6) is -0.377. The Bertz CT molecular complexity index is 724. The Morgan fingerprint density at radius 3 is 2.26 bits per heavy atom. The number of carbonyl (C=O) groups excluding carboxylic acids is 2. The molecule has 0 aliphatic carbocycles. The summed E-state index contributed by atoms with van der Waals surface area (Å²) in [4.78, 5) is 23.9. The molecule has 2 aromatic carbocycles. The lowest BCUT2D eigenvalue weighted by Gasteiger charge is -2.11. The van der Waals surface area contributed by atoms with E-state index in [-0.39, 0.29) is 17.7 Å². The first-order chi connectivity index (χ1) is 10.9. The summed E-state index contributed by atoms with van der Waals surface area (Å²) in [6, 6.07) is 12.1. The van der Waals surface area contributed by atoms with Gasteiger partial charge in [-0.15, -0.1) is 0 Å². The smallest absolute Gasteiger partial charge is 0.255 e. The lowest BCUT2D eigenvalue weighted by Crippen LogP contribution is -2.18. The van der Waals surface area contributed by atoms with Crippen LogP contribution in [0.25, 0.3) is 0 Å². The maximum atomic E-state index is 12.3. The number of rotatable bonds is 4. The van der Waals surface area contributed by atoms with Crippen LogP contribution in [0, 0.1) is 12.8 Å². The number of hydrogen-bond acceptors (Lipinski definition) is 2. The van der Waals surface area contributed by atoms with E-state index in [4.69, 9.17) is 11.6 Å². The van der Waals surface area contributed by atoms with Gasteiger partial charge in [0.15, 0.2) is 0 Å². The molecule has 0 atom stereocenters. The highest BCUT2D eigenvalue weighted by Gasteiger charge is 2.10. The lowest BCUT2D eigenvalue weighted by molar-refractivity contribution is -0.118. The van der Waals surface area contributed by atoms with Gasteiger partial charge in [0.05, 0.1) is 0 Å². The highest BCUT2D eigenvalue weighted by Crippen LogP contribution is 2.23. The summed E-state index contributed by atoms with van der Waals surface area (Å²) in [5, 5.41) is 6.23. The zero-order valence-electron chi connectivity index (χ0n) is 13.3. The van der Waals surface area contributed by atoms with Crippen LogP contribution in [0.5, 0.6) is 0 Å². The molecule has 4 nitrogen and oxygen atoms in total. The van der Waals surface area contributed by atoms with Gasteiger partial charge < -0.3 is 10.6 Å². The Morgan fingerprint density at radius 1 is 1.00 bits per heavy atom. The molecule has 0 aliphatic heterocycles. The van der Waals surface area contributed by atoms with Gasteiger partial charge in [-0.1, -0.05) is 31.5 Å². The van der Waals surface area contributed by atoms with E-state index in [0.717, 1.165) is 5.56 Å². The number of halogens is 1. The number of amides is 2. The van der Waals surface area contributed by atoms with Gasteiger partial charge in [-0.05, 0) is 48.9 Å². The molecule has 0 saturated heterocycles. The summed E-state index contributed by atoms with van der Waals surface area (Å²) >= 11 is 6.05. The van der Waals surface area contributed by atoms with Crippen molar-refractivity contribution in [2.45, 2.75) is 20.8 Å². The van der Waals surface area contributed by atoms with Crippen molar-refractivity contribution in [2.24, 2.45) is 5.92 Å². The molecule has 0 radical (unpaired) electrons. The molecule has 0 saturated carbocycles. The van der Waals surface area contributed by atoms with Gasteiger partial charge in [0, 0.05) is 27.9 Å². The zero-order valence-corrected chi connectivity index (χ0v) is 14.1. The average Bonchev–Trinajstić information content (AvgIpc) is 2.52. The van der Waals surface area contributed by atoms with Crippen LogP contribution in [0.3, 0.4) is 0 Å². The van der Waals surface area contributed by atoms with E-state index in [2.05, 4.69) is 10.6 Å². The summed E-state index contributed by atoms with van der Waals surface area (Å²) in [6.07, 6.45) is 0. The quantitative estimate of drug-likeness (QED) is 0.867. The number of benzene rings is 2. The first-order valence-electron chi connectivity index (χ1n) is 7.36. The van der Waals surface area contributed by atoms with Crippen LogP contribution in [0.4, 0.5) is 11.4 Å². The second-order valence-corrected chi connectivity index (χ2v) is 6.00. The fraction of sp³-hybridized carbons (Fsp3) is 0.222. The predicted molar refractivity (Wildman–Crippen MR) is 94.1 cm³/mol. The third kappa shape index (κ3) is 4.33. The Kier molecular flexibility index (Phi) is 5.40. The fourth-order valence-electron chi connectivity index (χ4n) is 1.93. The SMILES string of the molecule is Cc1c(Cl)cccc1NC(=O)c1ccc(NC(=O)C(C)C)cc1. The lowest BCUT2D eigenvalue weighted by atomic mass is 10.1. The van der Waals surface area contributed by atoms with Crippen LogP contribution in [0.2, 0.25) is 5.02 Å². The second kappa shape index (κ2) is 7.29. The fourth-order valence-corrected chi connectivity index (χ4v) is 2.10. The van der Waals surface area contributed by atoms with Gasteiger partial charge >= 0.3 is 0 Å². The van der Waals surface area contributed by atoms with Crippen molar-refractivity contribution >= 4 is 34.8 Å². The zero-order chi connectivity index (χ0) is 17.0. The highest BCUT2D eigenvalue weighted by molar-refractivity contribution is 6.31. The first kappa shape index (κ1) is 17.0. The molecule has 23 heavy (non-hydrogen) atoms. The van der Waals surface area contributed by atoms with Crippen molar-refractivity contribution in [1.82, 2.24) is 0 Å². The van der Waals surface area contributed by atoms with E-state index in [1.807, 2.05) is 20.8 Å². The number of hydrogen-bond donors (Lipinski definition) is 2. The minimum Gasteiger partial charge on any atom is -0.326 e. The Balaban J connectivity index is 2.08.